The van der Waals surface area contributed by atoms with Crippen molar-refractivity contribution in [3.8, 4) is 17.8 Å². The number of benzene rings is 1. The highest BCUT2D eigenvalue weighted by molar-refractivity contribution is 6.32. The Hall–Kier alpha value is -2.72. The zero-order valence-corrected chi connectivity index (χ0v) is 11.0. The van der Waals surface area contributed by atoms with Crippen LogP contribution in [0, 0.1) is 28.4 Å². The van der Waals surface area contributed by atoms with E-state index < -0.39 is 4.92 Å². The van der Waals surface area contributed by atoms with E-state index in [1.807, 2.05) is 6.07 Å². The van der Waals surface area contributed by atoms with Crippen LogP contribution in [0.2, 0.25) is 5.02 Å². The van der Waals surface area contributed by atoms with Crippen molar-refractivity contribution in [2.24, 2.45) is 0 Å². The predicted octanol–water partition coefficient (Wildman–Crippen LogP) is 3.01. The van der Waals surface area contributed by atoms with Gasteiger partial charge >= 0.3 is 6.01 Å². The van der Waals surface area contributed by atoms with Crippen LogP contribution in [0.15, 0.2) is 24.3 Å². The smallest absolute Gasteiger partial charge is 0.323 e. The molecule has 0 saturated carbocycles. The molecule has 100 valence electrons. The first-order valence-electron chi connectivity index (χ1n) is 5.37. The molecule has 0 N–H and O–H groups in total. The lowest BCUT2D eigenvalue weighted by Crippen LogP contribution is -1.97. The number of ether oxygens (including phenoxy) is 1. The first-order valence-corrected chi connectivity index (χ1v) is 5.75. The fraction of sp³-hybridized carbons (Fsp3) is 0.0833. The van der Waals surface area contributed by atoms with Gasteiger partial charge in [0.05, 0.1) is 4.92 Å². The maximum absolute atomic E-state index is 10.6. The van der Waals surface area contributed by atoms with Crippen LogP contribution in [0.3, 0.4) is 0 Å². The summed E-state index contributed by atoms with van der Waals surface area (Å²) in [6.07, 6.45) is 0. The van der Waals surface area contributed by atoms with Crippen molar-refractivity contribution in [1.29, 1.82) is 5.26 Å². The van der Waals surface area contributed by atoms with Crippen molar-refractivity contribution in [2.45, 2.75) is 6.92 Å². The molecule has 0 spiro atoms. The number of rotatable bonds is 3. The van der Waals surface area contributed by atoms with Gasteiger partial charge in [-0.15, -0.1) is 0 Å². The molecule has 1 aromatic carbocycles. The Morgan fingerprint density at radius 2 is 2.15 bits per heavy atom. The lowest BCUT2D eigenvalue weighted by atomic mass is 10.3. The van der Waals surface area contributed by atoms with E-state index in [0.29, 0.717) is 5.69 Å². The van der Waals surface area contributed by atoms with Crippen LogP contribution < -0.4 is 4.74 Å². The molecule has 0 radical (unpaired) electrons. The van der Waals surface area contributed by atoms with Crippen LogP contribution in [0.25, 0.3) is 0 Å². The molecular formula is C12H7ClN4O3. The van der Waals surface area contributed by atoms with E-state index in [2.05, 4.69) is 9.97 Å². The average Bonchev–Trinajstić information content (AvgIpc) is 2.37. The number of hydrogen-bond donors (Lipinski definition) is 0. The van der Waals surface area contributed by atoms with Crippen molar-refractivity contribution in [2.75, 3.05) is 0 Å². The summed E-state index contributed by atoms with van der Waals surface area (Å²) < 4.78 is 5.34. The maximum Gasteiger partial charge on any atom is 0.323 e. The summed E-state index contributed by atoms with van der Waals surface area (Å²) in [7, 11) is 0. The predicted molar refractivity (Wildman–Crippen MR) is 69.7 cm³/mol. The van der Waals surface area contributed by atoms with E-state index in [-0.39, 0.29) is 28.2 Å². The second-order valence-corrected chi connectivity index (χ2v) is 4.17. The molecular weight excluding hydrogens is 284 g/mol. The highest BCUT2D eigenvalue weighted by Gasteiger charge is 2.13. The second-order valence-electron chi connectivity index (χ2n) is 3.76. The minimum Gasteiger partial charge on any atom is -0.424 e. The van der Waals surface area contributed by atoms with Gasteiger partial charge in [-0.1, -0.05) is 11.6 Å². The topological polar surface area (TPSA) is 102 Å². The summed E-state index contributed by atoms with van der Waals surface area (Å²) in [5, 5.41) is 19.4. The fourth-order valence-corrected chi connectivity index (χ4v) is 1.69. The molecule has 1 aromatic heterocycles. The molecule has 0 atom stereocenters. The van der Waals surface area contributed by atoms with Gasteiger partial charge in [-0.25, -0.2) is 4.98 Å². The van der Waals surface area contributed by atoms with Crippen LogP contribution in [-0.4, -0.2) is 14.9 Å². The lowest BCUT2D eigenvalue weighted by molar-refractivity contribution is -0.384. The summed E-state index contributed by atoms with van der Waals surface area (Å²) in [5.41, 5.74) is 0.516. The Balaban J connectivity index is 2.31. The zero-order chi connectivity index (χ0) is 14.7. The SMILES string of the molecule is Cc1cc(C#N)nc(Oc2ccc([N+](=O)[O-])c(Cl)c2)n1. The van der Waals surface area contributed by atoms with E-state index in [9.17, 15) is 10.1 Å². The molecule has 7 nitrogen and oxygen atoms in total. The van der Waals surface area contributed by atoms with Crippen molar-refractivity contribution >= 4 is 17.3 Å². The van der Waals surface area contributed by atoms with Crippen molar-refractivity contribution in [3.63, 3.8) is 0 Å². The standard InChI is InChI=1S/C12H7ClN4O3/c1-7-4-8(6-14)16-12(15-7)20-9-2-3-11(17(18)19)10(13)5-9/h2-5H,1H3. The monoisotopic (exact) mass is 290 g/mol. The van der Waals surface area contributed by atoms with E-state index in [4.69, 9.17) is 21.6 Å². The minimum atomic E-state index is -0.594. The van der Waals surface area contributed by atoms with Gasteiger partial charge in [0.2, 0.25) is 0 Å². The third kappa shape index (κ3) is 2.99. The van der Waals surface area contributed by atoms with Gasteiger partial charge in [0.1, 0.15) is 22.5 Å². The van der Waals surface area contributed by atoms with E-state index in [1.165, 1.54) is 24.3 Å². The number of hydrogen-bond acceptors (Lipinski definition) is 6. The third-order valence-corrected chi connectivity index (χ3v) is 2.58. The summed E-state index contributed by atoms with van der Waals surface area (Å²) in [6, 6.07) is 7.26. The Morgan fingerprint density at radius 3 is 2.75 bits per heavy atom. The highest BCUT2D eigenvalue weighted by atomic mass is 35.5. The lowest BCUT2D eigenvalue weighted by Gasteiger charge is -2.05. The molecule has 8 heteroatoms. The highest BCUT2D eigenvalue weighted by Crippen LogP contribution is 2.30. The fourth-order valence-electron chi connectivity index (χ4n) is 1.45. The van der Waals surface area contributed by atoms with E-state index >= 15 is 0 Å². The molecule has 20 heavy (non-hydrogen) atoms. The Bertz CT molecular complexity index is 727. The summed E-state index contributed by atoms with van der Waals surface area (Å²) in [6.45, 7) is 1.69. The molecule has 2 rings (SSSR count). The van der Waals surface area contributed by atoms with Gasteiger partial charge < -0.3 is 4.74 Å². The van der Waals surface area contributed by atoms with Crippen molar-refractivity contribution < 1.29 is 9.66 Å². The number of halogens is 1. The van der Waals surface area contributed by atoms with Crippen molar-refractivity contribution in [1.82, 2.24) is 9.97 Å². The molecule has 0 fully saturated rings. The molecule has 0 amide bonds. The summed E-state index contributed by atoms with van der Waals surface area (Å²) in [4.78, 5) is 17.9. The number of nitro benzene ring substituents is 1. The number of aryl methyl sites for hydroxylation is 1. The maximum atomic E-state index is 10.6. The van der Waals surface area contributed by atoms with Gasteiger partial charge in [-0.2, -0.15) is 10.2 Å². The molecule has 0 aliphatic carbocycles. The van der Waals surface area contributed by atoms with Gasteiger partial charge in [-0.3, -0.25) is 10.1 Å². The van der Waals surface area contributed by atoms with Gasteiger partial charge in [0.25, 0.3) is 5.69 Å². The number of aromatic nitrogens is 2. The average molecular weight is 291 g/mol. The van der Waals surface area contributed by atoms with Crippen LogP contribution in [0.5, 0.6) is 11.8 Å². The van der Waals surface area contributed by atoms with E-state index in [1.54, 1.807) is 6.92 Å². The van der Waals surface area contributed by atoms with E-state index in [0.717, 1.165) is 0 Å². The van der Waals surface area contributed by atoms with Gasteiger partial charge in [0.15, 0.2) is 0 Å². The number of nitrogens with zero attached hydrogens (tertiary/aromatic N) is 4. The Kier molecular flexibility index (Phi) is 3.77. The van der Waals surface area contributed by atoms with Crippen LogP contribution in [0.1, 0.15) is 11.4 Å². The zero-order valence-electron chi connectivity index (χ0n) is 10.2. The van der Waals surface area contributed by atoms with Gasteiger partial charge in [0, 0.05) is 17.8 Å². The molecule has 1 heterocycles. The van der Waals surface area contributed by atoms with Crippen LogP contribution >= 0.6 is 11.6 Å². The molecule has 0 unspecified atom stereocenters. The Morgan fingerprint density at radius 1 is 1.40 bits per heavy atom. The van der Waals surface area contributed by atoms with Crippen LogP contribution in [-0.2, 0) is 0 Å². The first-order chi connectivity index (χ1) is 9.49. The number of nitro groups is 1. The second kappa shape index (κ2) is 5.50. The molecule has 2 aromatic rings. The molecule has 0 aliphatic heterocycles. The molecule has 0 bridgehead atoms. The number of nitriles is 1. The summed E-state index contributed by atoms with van der Waals surface area (Å²) in [5.74, 6) is 0.245. The quantitative estimate of drug-likeness (QED) is 0.636. The van der Waals surface area contributed by atoms with Gasteiger partial charge in [-0.05, 0) is 19.1 Å². The summed E-state index contributed by atoms with van der Waals surface area (Å²) >= 11 is 5.77. The molecule has 0 saturated heterocycles. The third-order valence-electron chi connectivity index (χ3n) is 2.27. The minimum absolute atomic E-state index is 0.0218. The largest absolute Gasteiger partial charge is 0.424 e. The normalized spacial score (nSPS) is 9.85. The van der Waals surface area contributed by atoms with Crippen molar-refractivity contribution in [3.05, 3.63) is 50.8 Å². The first kappa shape index (κ1) is 13.7. The molecule has 0 aliphatic rings. The van der Waals surface area contributed by atoms with Crippen LogP contribution in [0.4, 0.5) is 5.69 Å². The Labute approximate surface area is 118 Å².